The summed E-state index contributed by atoms with van der Waals surface area (Å²) in [5.74, 6) is 0.601. The molecule has 1 unspecified atom stereocenters. The Morgan fingerprint density at radius 1 is 0.375 bits per heavy atom. The number of benzene rings is 8. The zero-order chi connectivity index (χ0) is 45.2. The van der Waals surface area contributed by atoms with Crippen molar-refractivity contribution >= 4 is 23.1 Å². The largest absolute Gasteiger partial charge is 0.242 e. The normalized spacial score (nSPS) is 12.3. The smallest absolute Gasteiger partial charge is 0.0686 e. The van der Waals surface area contributed by atoms with Gasteiger partial charge in [0.2, 0.25) is 6.71 Å². The summed E-state index contributed by atoms with van der Waals surface area (Å²) in [6.45, 7) is 24.9. The highest BCUT2D eigenvalue weighted by Gasteiger charge is 2.34. The second-order valence-electron chi connectivity index (χ2n) is 19.2. The van der Waals surface area contributed by atoms with Crippen LogP contribution < -0.4 is 16.4 Å². The number of rotatable bonds is 8. The molecular weight excluding hydrogens is 768 g/mol. The summed E-state index contributed by atoms with van der Waals surface area (Å²) in [5.41, 5.74) is 30.8. The summed E-state index contributed by atoms with van der Waals surface area (Å²) in [5, 5.41) is 0. The SMILES string of the molecule is Cc1cc(C)c2c(c1)Cc1cc(C)cc(C)c1B2c1ccc(C(Cc2ccccc2)c2ccccc2)cc1.Cc1ccc(C(c2c(C)cc(C)cc2C)c2c(C)cc(C)cc2C)cc1. The van der Waals surface area contributed by atoms with Gasteiger partial charge >= 0.3 is 0 Å². The number of hydrogen-bond donors (Lipinski definition) is 0. The van der Waals surface area contributed by atoms with Crippen molar-refractivity contribution in [2.24, 2.45) is 0 Å². The van der Waals surface area contributed by atoms with Crippen LogP contribution in [0.4, 0.5) is 0 Å². The van der Waals surface area contributed by atoms with Gasteiger partial charge in [-0.3, -0.25) is 0 Å². The van der Waals surface area contributed by atoms with Crippen LogP contribution in [-0.4, -0.2) is 6.71 Å². The summed E-state index contributed by atoms with van der Waals surface area (Å²) in [4.78, 5) is 0. The van der Waals surface area contributed by atoms with Crippen molar-refractivity contribution in [2.75, 3.05) is 0 Å². The highest BCUT2D eigenvalue weighted by atomic mass is 14.3. The van der Waals surface area contributed by atoms with Crippen molar-refractivity contribution in [1.82, 2.24) is 0 Å². The third kappa shape index (κ3) is 9.37. The van der Waals surface area contributed by atoms with E-state index in [9.17, 15) is 0 Å². The first kappa shape index (κ1) is 44.4. The van der Waals surface area contributed by atoms with Gasteiger partial charge in [0.25, 0.3) is 0 Å². The van der Waals surface area contributed by atoms with Gasteiger partial charge in [-0.1, -0.05) is 213 Å². The summed E-state index contributed by atoms with van der Waals surface area (Å²) < 4.78 is 0. The molecule has 0 radical (unpaired) electrons. The van der Waals surface area contributed by atoms with Gasteiger partial charge in [0.1, 0.15) is 0 Å². The van der Waals surface area contributed by atoms with Crippen LogP contribution >= 0.6 is 0 Å². The van der Waals surface area contributed by atoms with Crippen molar-refractivity contribution in [2.45, 2.75) is 101 Å². The Morgan fingerprint density at radius 2 is 0.766 bits per heavy atom. The lowest BCUT2D eigenvalue weighted by Gasteiger charge is -2.31. The molecule has 0 nitrogen and oxygen atoms in total. The molecular formula is C63H65B. The van der Waals surface area contributed by atoms with Crippen molar-refractivity contribution in [1.29, 1.82) is 0 Å². The van der Waals surface area contributed by atoms with E-state index in [0.29, 0.717) is 5.92 Å². The molecule has 1 atom stereocenters. The lowest BCUT2D eigenvalue weighted by molar-refractivity contribution is 0.805. The average molecular weight is 833 g/mol. The maximum Gasteiger partial charge on any atom is 0.242 e. The Labute approximate surface area is 385 Å². The van der Waals surface area contributed by atoms with E-state index < -0.39 is 0 Å². The summed E-state index contributed by atoms with van der Waals surface area (Å²) >= 11 is 0. The zero-order valence-electron chi connectivity index (χ0n) is 40.2. The third-order valence-corrected chi connectivity index (χ3v) is 13.8. The molecule has 0 bridgehead atoms. The molecule has 1 aliphatic heterocycles. The summed E-state index contributed by atoms with van der Waals surface area (Å²) in [7, 11) is 0. The molecule has 64 heavy (non-hydrogen) atoms. The van der Waals surface area contributed by atoms with Crippen molar-refractivity contribution in [3.63, 3.8) is 0 Å². The van der Waals surface area contributed by atoms with Crippen LogP contribution in [0.3, 0.4) is 0 Å². The predicted molar refractivity (Wildman–Crippen MR) is 278 cm³/mol. The molecule has 0 aromatic heterocycles. The number of fused-ring (bicyclic) bond motifs is 2. The zero-order valence-corrected chi connectivity index (χ0v) is 40.2. The Kier molecular flexibility index (Phi) is 13.1. The van der Waals surface area contributed by atoms with Gasteiger partial charge < -0.3 is 0 Å². The first-order chi connectivity index (χ1) is 30.7. The molecule has 9 rings (SSSR count). The van der Waals surface area contributed by atoms with Gasteiger partial charge in [-0.25, -0.2) is 0 Å². The minimum Gasteiger partial charge on any atom is -0.0686 e. The highest BCUT2D eigenvalue weighted by Crippen LogP contribution is 2.40. The van der Waals surface area contributed by atoms with Crippen LogP contribution in [0.1, 0.15) is 118 Å². The highest BCUT2D eigenvalue weighted by molar-refractivity contribution is 6.97. The van der Waals surface area contributed by atoms with E-state index in [0.717, 1.165) is 12.8 Å². The molecule has 8 aromatic rings. The third-order valence-electron chi connectivity index (χ3n) is 13.8. The molecule has 1 aliphatic rings. The van der Waals surface area contributed by atoms with Gasteiger partial charge in [0, 0.05) is 11.8 Å². The van der Waals surface area contributed by atoms with Gasteiger partial charge in [0.15, 0.2) is 0 Å². The number of aryl methyl sites for hydroxylation is 11. The second-order valence-corrected chi connectivity index (χ2v) is 19.2. The first-order valence-corrected chi connectivity index (χ1v) is 23.4. The van der Waals surface area contributed by atoms with Gasteiger partial charge in [0.05, 0.1) is 0 Å². The Morgan fingerprint density at radius 3 is 1.23 bits per heavy atom. The molecule has 0 saturated carbocycles. The van der Waals surface area contributed by atoms with E-state index >= 15 is 0 Å². The Bertz CT molecular complexity index is 2760. The lowest BCUT2D eigenvalue weighted by atomic mass is 9.32. The minimum absolute atomic E-state index is 0.272. The van der Waals surface area contributed by atoms with Gasteiger partial charge in [-0.05, 0) is 156 Å². The fraction of sp³-hybridized carbons (Fsp3) is 0.238. The van der Waals surface area contributed by atoms with E-state index in [-0.39, 0.29) is 12.6 Å². The van der Waals surface area contributed by atoms with E-state index in [1.54, 1.807) is 0 Å². The fourth-order valence-electron chi connectivity index (χ4n) is 11.3. The van der Waals surface area contributed by atoms with Crippen molar-refractivity contribution < 1.29 is 0 Å². The molecule has 0 fully saturated rings. The monoisotopic (exact) mass is 833 g/mol. The quantitative estimate of drug-likeness (QED) is 0.106. The molecule has 320 valence electrons. The van der Waals surface area contributed by atoms with Crippen LogP contribution in [0.25, 0.3) is 0 Å². The molecule has 0 aliphatic carbocycles. The minimum atomic E-state index is 0.272. The van der Waals surface area contributed by atoms with E-state index in [4.69, 9.17) is 0 Å². The predicted octanol–water partition coefficient (Wildman–Crippen LogP) is 13.7. The molecule has 0 saturated heterocycles. The maximum atomic E-state index is 2.41. The molecule has 1 heteroatoms. The summed E-state index contributed by atoms with van der Waals surface area (Å²) in [6, 6.07) is 59.3. The molecule has 0 spiro atoms. The van der Waals surface area contributed by atoms with Crippen LogP contribution in [0, 0.1) is 76.2 Å². The topological polar surface area (TPSA) is 0 Å². The Balaban J connectivity index is 0.000000189. The van der Waals surface area contributed by atoms with Gasteiger partial charge in [-0.15, -0.1) is 0 Å². The maximum absolute atomic E-state index is 2.41. The van der Waals surface area contributed by atoms with E-state index in [1.807, 2.05) is 0 Å². The summed E-state index contributed by atoms with van der Waals surface area (Å²) in [6.07, 6.45) is 2.02. The van der Waals surface area contributed by atoms with Crippen LogP contribution in [0.15, 0.2) is 158 Å². The molecule has 0 N–H and O–H groups in total. The number of hydrogen-bond acceptors (Lipinski definition) is 0. The molecule has 8 aromatic carbocycles. The van der Waals surface area contributed by atoms with Crippen LogP contribution in [0.2, 0.25) is 0 Å². The van der Waals surface area contributed by atoms with E-state index in [2.05, 4.69) is 234 Å². The Hall–Kier alpha value is -6.18. The van der Waals surface area contributed by atoms with Crippen molar-refractivity contribution in [3.8, 4) is 0 Å². The molecule has 0 amide bonds. The van der Waals surface area contributed by atoms with E-state index in [1.165, 1.54) is 122 Å². The van der Waals surface area contributed by atoms with Crippen LogP contribution in [0.5, 0.6) is 0 Å². The van der Waals surface area contributed by atoms with Crippen LogP contribution in [-0.2, 0) is 12.8 Å². The van der Waals surface area contributed by atoms with Crippen molar-refractivity contribution in [3.05, 3.63) is 263 Å². The molecule has 1 heterocycles. The lowest BCUT2D eigenvalue weighted by Crippen LogP contribution is -2.58. The fourth-order valence-corrected chi connectivity index (χ4v) is 11.3. The standard InChI is InChI=1S/C37H35B.C26H30/c1-25-19-27(3)36-32(21-25)24-33-22-26(2)20-28(4)37(33)38(36)34-17-15-31(16-18-34)35(30-13-9-6-10-14-30)23-29-11-7-5-8-12-29;1-16-8-10-23(11-9-16)26(24-19(4)12-17(2)13-20(24)5)25-21(6)14-18(3)15-22(25)7/h5-22,35H,23-24H2,1-4H3;8-15,26H,1-7H3. The van der Waals surface area contributed by atoms with Gasteiger partial charge in [-0.2, -0.15) is 0 Å². The average Bonchev–Trinajstić information content (AvgIpc) is 3.25. The second kappa shape index (κ2) is 18.9. The first-order valence-electron chi connectivity index (χ1n) is 23.4.